The molecule has 1 aromatic carbocycles. The van der Waals surface area contributed by atoms with E-state index in [1.807, 2.05) is 6.33 Å². The Morgan fingerprint density at radius 1 is 1.12 bits per heavy atom. The van der Waals surface area contributed by atoms with Crippen LogP contribution < -0.4 is 5.32 Å². The van der Waals surface area contributed by atoms with Crippen LogP contribution in [0.5, 0.6) is 0 Å². The second-order valence-corrected chi connectivity index (χ2v) is 8.73. The quantitative estimate of drug-likeness (QED) is 0.510. The zero-order valence-corrected chi connectivity index (χ0v) is 19.4. The summed E-state index contributed by atoms with van der Waals surface area (Å²) in [5.41, 5.74) is 1.26. The summed E-state index contributed by atoms with van der Waals surface area (Å²) >= 11 is 0. The van der Waals surface area contributed by atoms with Gasteiger partial charge in [-0.15, -0.1) is 10.2 Å². The number of piperazine rings is 1. The maximum Gasteiger partial charge on any atom is 0.194 e. The smallest absolute Gasteiger partial charge is 0.194 e. The van der Waals surface area contributed by atoms with Gasteiger partial charge in [-0.05, 0) is 18.4 Å². The molecule has 7 nitrogen and oxygen atoms in total. The van der Waals surface area contributed by atoms with Gasteiger partial charge in [0.05, 0.1) is 6.54 Å². The molecule has 0 atom stereocenters. The molecule has 2 aromatic rings. The summed E-state index contributed by atoms with van der Waals surface area (Å²) in [6.07, 6.45) is 12.4. The predicted octanol–water partition coefficient (Wildman–Crippen LogP) is 3.06. The van der Waals surface area contributed by atoms with Crippen molar-refractivity contribution in [2.24, 2.45) is 4.99 Å². The average molecular weight is 436 g/mol. The molecule has 0 spiro atoms. The number of hydrogen-bond acceptors (Lipinski definition) is 4. The van der Waals surface area contributed by atoms with Gasteiger partial charge in [-0.25, -0.2) is 0 Å². The lowest BCUT2D eigenvalue weighted by Crippen LogP contribution is -2.54. The standard InChI is InChI=1S/C25H37N7/c1-2-24-29-27-21-32(24)16-14-26-25(28-23-12-6-7-13-23)31-19-17-30(18-20-31)15-8-11-22-9-4-3-5-10-22/h3-5,8-11,21,23H,2,6-7,12-20H2,1H3,(H,26,28)/b11-8+. The van der Waals surface area contributed by atoms with Crippen molar-refractivity contribution >= 4 is 12.0 Å². The van der Waals surface area contributed by atoms with Gasteiger partial charge in [0, 0.05) is 51.7 Å². The van der Waals surface area contributed by atoms with Crippen LogP contribution in [0.1, 0.15) is 44.0 Å². The first-order valence-corrected chi connectivity index (χ1v) is 12.2. The second kappa shape index (κ2) is 11.8. The molecule has 0 bridgehead atoms. The highest BCUT2D eigenvalue weighted by Crippen LogP contribution is 2.18. The van der Waals surface area contributed by atoms with Crippen molar-refractivity contribution < 1.29 is 0 Å². The molecular weight excluding hydrogens is 398 g/mol. The summed E-state index contributed by atoms with van der Waals surface area (Å²) < 4.78 is 2.12. The molecule has 2 fully saturated rings. The van der Waals surface area contributed by atoms with Crippen LogP contribution in [0, 0.1) is 0 Å². The molecule has 2 heterocycles. The largest absolute Gasteiger partial charge is 0.354 e. The minimum atomic E-state index is 0.571. The SMILES string of the molecule is CCc1nncn1CCN=C(NC1CCCC1)N1CCN(C/C=C/c2ccccc2)CC1. The third-order valence-corrected chi connectivity index (χ3v) is 6.45. The fourth-order valence-corrected chi connectivity index (χ4v) is 4.54. The Morgan fingerprint density at radius 3 is 2.66 bits per heavy atom. The molecule has 7 heteroatoms. The van der Waals surface area contributed by atoms with Crippen LogP contribution >= 0.6 is 0 Å². The Bertz CT molecular complexity index is 859. The van der Waals surface area contributed by atoms with Gasteiger partial charge in [-0.2, -0.15) is 0 Å². The molecule has 0 radical (unpaired) electrons. The van der Waals surface area contributed by atoms with E-state index in [1.54, 1.807) is 0 Å². The molecule has 172 valence electrons. The number of rotatable bonds is 8. The van der Waals surface area contributed by atoms with Gasteiger partial charge in [-0.3, -0.25) is 9.89 Å². The molecule has 2 aliphatic rings. The maximum atomic E-state index is 5.01. The molecule has 1 saturated heterocycles. The number of nitrogens with zero attached hydrogens (tertiary/aromatic N) is 6. The number of aryl methyl sites for hydroxylation is 1. The van der Waals surface area contributed by atoms with E-state index in [2.05, 4.69) is 79.3 Å². The Labute approximate surface area is 192 Å². The predicted molar refractivity (Wildman–Crippen MR) is 131 cm³/mol. The van der Waals surface area contributed by atoms with Crippen LogP contribution in [0.25, 0.3) is 6.08 Å². The molecule has 1 aliphatic heterocycles. The minimum Gasteiger partial charge on any atom is -0.354 e. The van der Waals surface area contributed by atoms with Crippen LogP contribution in [0.3, 0.4) is 0 Å². The fourth-order valence-electron chi connectivity index (χ4n) is 4.54. The van der Waals surface area contributed by atoms with Gasteiger partial charge >= 0.3 is 0 Å². The molecule has 1 aromatic heterocycles. The zero-order chi connectivity index (χ0) is 22.0. The summed E-state index contributed by atoms with van der Waals surface area (Å²) in [5, 5.41) is 12.0. The van der Waals surface area contributed by atoms with E-state index in [4.69, 9.17) is 4.99 Å². The first-order chi connectivity index (χ1) is 15.8. The van der Waals surface area contributed by atoms with Crippen molar-refractivity contribution in [2.75, 3.05) is 39.3 Å². The van der Waals surface area contributed by atoms with Crippen LogP contribution in [-0.2, 0) is 13.0 Å². The summed E-state index contributed by atoms with van der Waals surface area (Å²) in [6.45, 7) is 8.86. The summed E-state index contributed by atoms with van der Waals surface area (Å²) in [4.78, 5) is 9.98. The van der Waals surface area contributed by atoms with E-state index < -0.39 is 0 Å². The van der Waals surface area contributed by atoms with E-state index in [0.717, 1.165) is 64.0 Å². The van der Waals surface area contributed by atoms with Gasteiger partial charge in [0.15, 0.2) is 5.96 Å². The van der Waals surface area contributed by atoms with Crippen LogP contribution in [0.2, 0.25) is 0 Å². The van der Waals surface area contributed by atoms with Crippen molar-refractivity contribution in [1.82, 2.24) is 29.9 Å². The van der Waals surface area contributed by atoms with E-state index in [-0.39, 0.29) is 0 Å². The first kappa shape index (κ1) is 22.5. The number of aliphatic imine (C=N–C) groups is 1. The van der Waals surface area contributed by atoms with Crippen LogP contribution in [0.4, 0.5) is 0 Å². The van der Waals surface area contributed by atoms with Gasteiger partial charge < -0.3 is 14.8 Å². The normalized spacial score (nSPS) is 18.7. The Kier molecular flexibility index (Phi) is 8.31. The number of aromatic nitrogens is 3. The molecule has 32 heavy (non-hydrogen) atoms. The van der Waals surface area contributed by atoms with E-state index in [1.165, 1.54) is 31.2 Å². The van der Waals surface area contributed by atoms with E-state index in [0.29, 0.717) is 6.04 Å². The monoisotopic (exact) mass is 435 g/mol. The fraction of sp³-hybridized carbons (Fsp3) is 0.560. The summed E-state index contributed by atoms with van der Waals surface area (Å²) in [5.74, 6) is 2.12. The lowest BCUT2D eigenvalue weighted by molar-refractivity contribution is 0.193. The van der Waals surface area contributed by atoms with Crippen molar-refractivity contribution in [1.29, 1.82) is 0 Å². The summed E-state index contributed by atoms with van der Waals surface area (Å²) in [7, 11) is 0. The lowest BCUT2D eigenvalue weighted by Gasteiger charge is -2.37. The Morgan fingerprint density at radius 2 is 1.91 bits per heavy atom. The third kappa shape index (κ3) is 6.42. The zero-order valence-electron chi connectivity index (χ0n) is 19.4. The Hall–Kier alpha value is -2.67. The van der Waals surface area contributed by atoms with Crippen molar-refractivity contribution in [3.05, 3.63) is 54.1 Å². The van der Waals surface area contributed by atoms with E-state index in [9.17, 15) is 0 Å². The summed E-state index contributed by atoms with van der Waals surface area (Å²) in [6, 6.07) is 11.1. The van der Waals surface area contributed by atoms with Gasteiger partial charge in [0.2, 0.25) is 0 Å². The molecule has 0 unspecified atom stereocenters. The van der Waals surface area contributed by atoms with Crippen LogP contribution in [0.15, 0.2) is 47.7 Å². The topological polar surface area (TPSA) is 61.6 Å². The highest BCUT2D eigenvalue weighted by Gasteiger charge is 2.23. The van der Waals surface area contributed by atoms with E-state index >= 15 is 0 Å². The number of guanidine groups is 1. The number of nitrogens with one attached hydrogen (secondary N) is 1. The van der Waals surface area contributed by atoms with Gasteiger partial charge in [-0.1, -0.05) is 62.2 Å². The van der Waals surface area contributed by atoms with Gasteiger partial charge in [0.1, 0.15) is 12.2 Å². The molecule has 1 aliphatic carbocycles. The van der Waals surface area contributed by atoms with Crippen molar-refractivity contribution in [3.63, 3.8) is 0 Å². The number of hydrogen-bond donors (Lipinski definition) is 1. The maximum absolute atomic E-state index is 5.01. The highest BCUT2D eigenvalue weighted by atomic mass is 15.4. The third-order valence-electron chi connectivity index (χ3n) is 6.45. The first-order valence-electron chi connectivity index (χ1n) is 12.2. The number of benzene rings is 1. The highest BCUT2D eigenvalue weighted by molar-refractivity contribution is 5.80. The molecule has 0 amide bonds. The lowest BCUT2D eigenvalue weighted by atomic mass is 10.2. The molecule has 4 rings (SSSR count). The average Bonchev–Trinajstić information content (AvgIpc) is 3.51. The minimum absolute atomic E-state index is 0.571. The Balaban J connectivity index is 1.30. The molecule has 1 saturated carbocycles. The van der Waals surface area contributed by atoms with Crippen LogP contribution in [-0.4, -0.2) is 75.8 Å². The van der Waals surface area contributed by atoms with Gasteiger partial charge in [0.25, 0.3) is 0 Å². The molecular formula is C25H37N7. The van der Waals surface area contributed by atoms with Crippen molar-refractivity contribution in [3.8, 4) is 0 Å². The second-order valence-electron chi connectivity index (χ2n) is 8.73. The molecule has 1 N–H and O–H groups in total. The van der Waals surface area contributed by atoms with Crippen molar-refractivity contribution in [2.45, 2.75) is 51.6 Å².